The van der Waals surface area contributed by atoms with Crippen LogP contribution in [0.1, 0.15) is 31.7 Å². The molecule has 1 aromatic rings. The molecule has 0 N–H and O–H groups in total. The van der Waals surface area contributed by atoms with Crippen molar-refractivity contribution in [1.29, 1.82) is 0 Å². The highest BCUT2D eigenvalue weighted by atomic mass is 79.9. The van der Waals surface area contributed by atoms with Gasteiger partial charge in [0.25, 0.3) is 0 Å². The minimum absolute atomic E-state index is 0.168. The number of hydrogen-bond acceptors (Lipinski definition) is 3. The van der Waals surface area contributed by atoms with Gasteiger partial charge in [0.1, 0.15) is 5.83 Å². The van der Waals surface area contributed by atoms with Crippen molar-refractivity contribution in [1.82, 2.24) is 9.88 Å². The molecule has 0 spiro atoms. The van der Waals surface area contributed by atoms with E-state index in [1.165, 1.54) is 6.08 Å². The topological polar surface area (TPSA) is 33.2 Å². The van der Waals surface area contributed by atoms with E-state index < -0.39 is 0 Å². The van der Waals surface area contributed by atoms with Crippen molar-refractivity contribution in [3.63, 3.8) is 0 Å². The van der Waals surface area contributed by atoms with Crippen LogP contribution in [0.2, 0.25) is 0 Å². The van der Waals surface area contributed by atoms with Crippen LogP contribution in [-0.2, 0) is 11.3 Å². The van der Waals surface area contributed by atoms with Gasteiger partial charge in [-0.3, -0.25) is 9.78 Å². The van der Waals surface area contributed by atoms with Gasteiger partial charge in [0.2, 0.25) is 0 Å². The fraction of sp³-hybridized carbons (Fsp3) is 0.333. The lowest BCUT2D eigenvalue weighted by molar-refractivity contribution is -0.104. The average molecular weight is 419 g/mol. The van der Waals surface area contributed by atoms with Gasteiger partial charge in [-0.15, -0.1) is 0 Å². The first-order chi connectivity index (χ1) is 12.5. The predicted octanol–water partition coefficient (Wildman–Crippen LogP) is 5.47. The van der Waals surface area contributed by atoms with Crippen LogP contribution in [0, 0.1) is 5.92 Å². The van der Waals surface area contributed by atoms with Crippen LogP contribution in [0.4, 0.5) is 4.39 Å². The molecule has 1 aliphatic carbocycles. The van der Waals surface area contributed by atoms with Gasteiger partial charge in [-0.25, -0.2) is 4.39 Å². The summed E-state index contributed by atoms with van der Waals surface area (Å²) in [7, 11) is 2.02. The molecule has 26 heavy (non-hydrogen) atoms. The number of allylic oxidation sites excluding steroid dienone is 8. The van der Waals surface area contributed by atoms with E-state index in [2.05, 4.69) is 25.8 Å². The van der Waals surface area contributed by atoms with Gasteiger partial charge < -0.3 is 4.90 Å². The molecular weight excluding hydrogens is 395 g/mol. The summed E-state index contributed by atoms with van der Waals surface area (Å²) in [4.78, 5) is 17.5. The van der Waals surface area contributed by atoms with E-state index in [4.69, 9.17) is 0 Å². The fourth-order valence-electron chi connectivity index (χ4n) is 2.78. The molecule has 1 atom stereocenters. The van der Waals surface area contributed by atoms with Crippen molar-refractivity contribution in [2.75, 3.05) is 7.05 Å². The first kappa shape index (κ1) is 20.3. The Morgan fingerprint density at radius 1 is 1.50 bits per heavy atom. The molecule has 0 saturated carbocycles. The number of rotatable bonds is 8. The van der Waals surface area contributed by atoms with Crippen LogP contribution in [0.5, 0.6) is 0 Å². The van der Waals surface area contributed by atoms with Gasteiger partial charge in [-0.1, -0.05) is 12.1 Å². The number of halogens is 2. The van der Waals surface area contributed by atoms with Crippen LogP contribution < -0.4 is 0 Å². The van der Waals surface area contributed by atoms with E-state index in [1.807, 2.05) is 44.5 Å². The Hall–Kier alpha value is -2.01. The largest absolute Gasteiger partial charge is 0.374 e. The molecule has 0 bridgehead atoms. The summed E-state index contributed by atoms with van der Waals surface area (Å²) in [6.07, 6.45) is 13.9. The number of hydrogen-bond donors (Lipinski definition) is 0. The monoisotopic (exact) mass is 418 g/mol. The highest BCUT2D eigenvalue weighted by molar-refractivity contribution is 9.12. The normalized spacial score (nSPS) is 18.2. The maximum atomic E-state index is 13.1. The molecular formula is C21H24BrFN2O. The van der Waals surface area contributed by atoms with Gasteiger partial charge in [0.05, 0.1) is 4.48 Å². The quantitative estimate of drug-likeness (QED) is 0.318. The Labute approximate surface area is 163 Å². The van der Waals surface area contributed by atoms with Crippen LogP contribution in [-0.4, -0.2) is 23.2 Å². The Bertz CT molecular complexity index is 738. The van der Waals surface area contributed by atoms with Gasteiger partial charge in [0.15, 0.2) is 6.29 Å². The second-order valence-corrected chi connectivity index (χ2v) is 7.33. The molecule has 0 radical (unpaired) electrons. The first-order valence-electron chi connectivity index (χ1n) is 8.65. The van der Waals surface area contributed by atoms with E-state index >= 15 is 0 Å². The highest BCUT2D eigenvalue weighted by Gasteiger charge is 2.12. The summed E-state index contributed by atoms with van der Waals surface area (Å²) < 4.78 is 13.6. The second-order valence-electron chi connectivity index (χ2n) is 6.48. The Balaban J connectivity index is 2.03. The zero-order chi connectivity index (χ0) is 18.9. The molecule has 0 amide bonds. The van der Waals surface area contributed by atoms with Crippen LogP contribution in [0.15, 0.2) is 70.4 Å². The molecule has 0 aliphatic heterocycles. The van der Waals surface area contributed by atoms with Gasteiger partial charge in [-0.05, 0) is 83.5 Å². The number of aldehydes is 1. The summed E-state index contributed by atoms with van der Waals surface area (Å²) in [6.45, 7) is 2.78. The average Bonchev–Trinajstić information content (AvgIpc) is 2.66. The number of carbonyl (C=O) groups excluding carboxylic acids is 1. The summed E-state index contributed by atoms with van der Waals surface area (Å²) in [5.74, 6) is 0.136. The lowest BCUT2D eigenvalue weighted by atomic mass is 9.93. The predicted molar refractivity (Wildman–Crippen MR) is 107 cm³/mol. The molecule has 3 nitrogen and oxygen atoms in total. The van der Waals surface area contributed by atoms with Crippen molar-refractivity contribution >= 4 is 22.2 Å². The molecule has 138 valence electrons. The molecule has 0 aromatic carbocycles. The summed E-state index contributed by atoms with van der Waals surface area (Å²) in [5, 5.41) is 0. The van der Waals surface area contributed by atoms with Crippen molar-refractivity contribution in [3.8, 4) is 0 Å². The maximum absolute atomic E-state index is 13.1. The lowest BCUT2D eigenvalue weighted by Crippen LogP contribution is -2.15. The van der Waals surface area contributed by atoms with E-state index in [0.717, 1.165) is 42.5 Å². The summed E-state index contributed by atoms with van der Waals surface area (Å²) >= 11 is 3.37. The minimum Gasteiger partial charge on any atom is -0.374 e. The third-order valence-corrected chi connectivity index (χ3v) is 5.16. The number of pyridine rings is 1. The van der Waals surface area contributed by atoms with Crippen molar-refractivity contribution in [2.24, 2.45) is 5.92 Å². The van der Waals surface area contributed by atoms with Crippen molar-refractivity contribution in [3.05, 3.63) is 76.0 Å². The smallest absolute Gasteiger partial charge is 0.157 e. The molecule has 2 rings (SSSR count). The molecule has 1 unspecified atom stereocenters. The van der Waals surface area contributed by atoms with E-state index in [9.17, 15) is 9.18 Å². The second kappa shape index (κ2) is 10.2. The van der Waals surface area contributed by atoms with Crippen molar-refractivity contribution in [2.45, 2.75) is 32.7 Å². The highest BCUT2D eigenvalue weighted by Crippen LogP contribution is 2.26. The van der Waals surface area contributed by atoms with Crippen LogP contribution in [0.3, 0.4) is 0 Å². The Morgan fingerprint density at radius 3 is 2.92 bits per heavy atom. The lowest BCUT2D eigenvalue weighted by Gasteiger charge is -2.21. The minimum atomic E-state index is -0.168. The third kappa shape index (κ3) is 6.37. The zero-order valence-electron chi connectivity index (χ0n) is 15.2. The SMILES string of the molecule is C/C(=C/C(CCC1C=CC(F)=CC1)=C(/Br)C=O)N(C)Cc1cccnc1. The Morgan fingerprint density at radius 2 is 2.31 bits per heavy atom. The molecule has 5 heteroatoms. The summed E-state index contributed by atoms with van der Waals surface area (Å²) in [5.41, 5.74) is 3.15. The van der Waals surface area contributed by atoms with Gasteiger partial charge in [-0.2, -0.15) is 0 Å². The van der Waals surface area contributed by atoms with E-state index in [1.54, 1.807) is 12.3 Å². The number of aromatic nitrogens is 1. The molecule has 0 saturated heterocycles. The molecule has 0 fully saturated rings. The standard InChI is InChI=1S/C21H24BrFN2O/c1-16(25(2)14-18-4-3-11-24-13-18)12-19(21(22)15-26)8-5-17-6-9-20(23)10-7-17/h3-4,6,9-13,15,17H,5,7-8,14H2,1-2H3/b16-12-,21-19+. The van der Waals surface area contributed by atoms with Crippen LogP contribution >= 0.6 is 15.9 Å². The maximum Gasteiger partial charge on any atom is 0.157 e. The van der Waals surface area contributed by atoms with Gasteiger partial charge >= 0.3 is 0 Å². The summed E-state index contributed by atoms with van der Waals surface area (Å²) in [6, 6.07) is 3.96. The van der Waals surface area contributed by atoms with Gasteiger partial charge in [0, 0.05) is 31.7 Å². The van der Waals surface area contributed by atoms with E-state index in [-0.39, 0.29) is 5.83 Å². The van der Waals surface area contributed by atoms with Crippen molar-refractivity contribution < 1.29 is 9.18 Å². The van der Waals surface area contributed by atoms with E-state index in [0.29, 0.717) is 16.8 Å². The molecule has 1 heterocycles. The first-order valence-corrected chi connectivity index (χ1v) is 9.45. The third-order valence-electron chi connectivity index (χ3n) is 4.47. The zero-order valence-corrected chi connectivity index (χ0v) is 16.7. The number of nitrogens with zero attached hydrogens (tertiary/aromatic N) is 2. The Kier molecular flexibility index (Phi) is 7.98. The fourth-order valence-corrected chi connectivity index (χ4v) is 3.10. The molecule has 1 aliphatic rings. The molecule has 1 aromatic heterocycles. The van der Waals surface area contributed by atoms with Crippen LogP contribution in [0.25, 0.3) is 0 Å². The number of carbonyl (C=O) groups is 1.